The van der Waals surface area contributed by atoms with Crippen molar-refractivity contribution >= 4 is 51.9 Å². The van der Waals surface area contributed by atoms with E-state index in [1.165, 1.54) is 12.1 Å². The van der Waals surface area contributed by atoms with E-state index in [9.17, 15) is 19.5 Å². The molecule has 0 aromatic heterocycles. The van der Waals surface area contributed by atoms with Gasteiger partial charge in [-0.3, -0.25) is 14.9 Å². The Morgan fingerprint density at radius 3 is 2.43 bits per heavy atom. The van der Waals surface area contributed by atoms with Gasteiger partial charge in [0.25, 0.3) is 5.91 Å². The molecule has 0 radical (unpaired) electrons. The molecule has 9 heteroatoms. The zero-order valence-electron chi connectivity index (χ0n) is 18.8. The molecule has 180 valence electrons. The number of halogens is 1. The summed E-state index contributed by atoms with van der Waals surface area (Å²) >= 11 is 2.07. The Labute approximate surface area is 216 Å². The van der Waals surface area contributed by atoms with Crippen molar-refractivity contribution in [3.8, 4) is 5.75 Å². The predicted molar refractivity (Wildman–Crippen MR) is 142 cm³/mol. The third-order valence-corrected chi connectivity index (χ3v) is 5.70. The van der Waals surface area contributed by atoms with Crippen molar-refractivity contribution < 1.29 is 24.2 Å². The Morgan fingerprint density at radius 1 is 1.03 bits per heavy atom. The maximum absolute atomic E-state index is 12.6. The number of carbonyl (C=O) groups excluding carboxylic acids is 3. The maximum atomic E-state index is 12.6. The van der Waals surface area contributed by atoms with Gasteiger partial charge in [-0.2, -0.15) is 0 Å². The SMILES string of the molecule is C[C@H](/C=C/C(=O)Nc1ccccc1N)[C@H](OC(=O)NC(=O)c1ccccc1)c1cc(I)ccc1O. The lowest BCUT2D eigenvalue weighted by Crippen LogP contribution is -2.33. The molecule has 3 aromatic rings. The van der Waals surface area contributed by atoms with E-state index in [0.717, 1.165) is 3.57 Å². The van der Waals surface area contributed by atoms with Crippen molar-refractivity contribution in [1.82, 2.24) is 5.32 Å². The first kappa shape index (κ1) is 25.8. The molecular formula is C26H24IN3O5. The van der Waals surface area contributed by atoms with Gasteiger partial charge >= 0.3 is 6.09 Å². The second-order valence-electron chi connectivity index (χ2n) is 7.64. The van der Waals surface area contributed by atoms with Crippen LogP contribution in [0.1, 0.15) is 28.9 Å². The molecule has 8 nitrogen and oxygen atoms in total. The van der Waals surface area contributed by atoms with Crippen LogP contribution in [-0.2, 0) is 9.53 Å². The van der Waals surface area contributed by atoms with Gasteiger partial charge in [0.1, 0.15) is 11.9 Å². The molecule has 5 N–H and O–H groups in total. The van der Waals surface area contributed by atoms with Gasteiger partial charge in [0, 0.05) is 20.6 Å². The number of amides is 3. The van der Waals surface area contributed by atoms with Crippen LogP contribution in [0.2, 0.25) is 0 Å². The van der Waals surface area contributed by atoms with Crippen LogP contribution in [0.4, 0.5) is 16.2 Å². The molecule has 0 aliphatic carbocycles. The molecule has 0 unspecified atom stereocenters. The number of nitrogens with one attached hydrogen (secondary N) is 2. The maximum Gasteiger partial charge on any atom is 0.414 e. The highest BCUT2D eigenvalue weighted by Gasteiger charge is 2.26. The van der Waals surface area contributed by atoms with Gasteiger partial charge in [-0.25, -0.2) is 4.79 Å². The third kappa shape index (κ3) is 7.31. The van der Waals surface area contributed by atoms with E-state index in [1.54, 1.807) is 79.7 Å². The highest BCUT2D eigenvalue weighted by molar-refractivity contribution is 14.1. The average molecular weight is 585 g/mol. The molecule has 2 atom stereocenters. The fourth-order valence-electron chi connectivity index (χ4n) is 3.23. The highest BCUT2D eigenvalue weighted by atomic mass is 127. The van der Waals surface area contributed by atoms with E-state index >= 15 is 0 Å². The van der Waals surface area contributed by atoms with E-state index in [1.807, 2.05) is 0 Å². The summed E-state index contributed by atoms with van der Waals surface area (Å²) < 4.78 is 6.36. The highest BCUT2D eigenvalue weighted by Crippen LogP contribution is 2.34. The summed E-state index contributed by atoms with van der Waals surface area (Å²) in [5.41, 5.74) is 7.38. The van der Waals surface area contributed by atoms with E-state index in [-0.39, 0.29) is 5.75 Å². The van der Waals surface area contributed by atoms with E-state index in [4.69, 9.17) is 10.5 Å². The number of ether oxygens (including phenoxy) is 1. The normalized spacial score (nSPS) is 12.5. The molecule has 0 saturated heterocycles. The standard InChI is InChI=1S/C26H24IN3O5/c1-16(11-14-23(32)29-21-10-6-5-9-20(21)28)24(19-15-18(27)12-13-22(19)31)35-26(34)30-25(33)17-7-3-2-4-8-17/h2-16,24,31H,28H2,1H3,(H,29,32)(H,30,33,34)/b14-11+/t16-,24+/m1/s1. The Balaban J connectivity index is 1.77. The number of rotatable bonds is 7. The zero-order chi connectivity index (χ0) is 25.4. The summed E-state index contributed by atoms with van der Waals surface area (Å²) in [6, 6.07) is 19.9. The quantitative estimate of drug-likeness (QED) is 0.175. The molecule has 3 amide bonds. The van der Waals surface area contributed by atoms with Gasteiger partial charge in [-0.15, -0.1) is 0 Å². The van der Waals surface area contributed by atoms with Gasteiger partial charge in [-0.1, -0.05) is 43.3 Å². The molecule has 0 fully saturated rings. The van der Waals surface area contributed by atoms with Crippen LogP contribution in [0, 0.1) is 9.49 Å². The first-order valence-corrected chi connectivity index (χ1v) is 11.7. The van der Waals surface area contributed by atoms with E-state index < -0.39 is 29.9 Å². The van der Waals surface area contributed by atoms with Crippen LogP contribution in [-0.4, -0.2) is 23.0 Å². The van der Waals surface area contributed by atoms with Crippen molar-refractivity contribution in [3.63, 3.8) is 0 Å². The summed E-state index contributed by atoms with van der Waals surface area (Å²) in [4.78, 5) is 37.3. The van der Waals surface area contributed by atoms with Crippen molar-refractivity contribution in [1.29, 1.82) is 0 Å². The number of imide groups is 1. The van der Waals surface area contributed by atoms with Gasteiger partial charge in [0.05, 0.1) is 11.4 Å². The minimum Gasteiger partial charge on any atom is -0.508 e. The predicted octanol–water partition coefficient (Wildman–Crippen LogP) is 5.02. The van der Waals surface area contributed by atoms with Crippen LogP contribution in [0.5, 0.6) is 5.75 Å². The van der Waals surface area contributed by atoms with E-state index in [2.05, 4.69) is 33.2 Å². The number of phenolic OH excluding ortho intramolecular Hbond substituents is 1. The van der Waals surface area contributed by atoms with Crippen molar-refractivity contribution in [2.24, 2.45) is 5.92 Å². The first-order valence-electron chi connectivity index (χ1n) is 10.6. The lowest BCUT2D eigenvalue weighted by atomic mass is 9.96. The number of nitrogen functional groups attached to an aromatic ring is 1. The van der Waals surface area contributed by atoms with Crippen LogP contribution < -0.4 is 16.4 Å². The lowest BCUT2D eigenvalue weighted by molar-refractivity contribution is -0.111. The molecule has 0 bridgehead atoms. The monoisotopic (exact) mass is 585 g/mol. The van der Waals surface area contributed by atoms with Crippen LogP contribution in [0.3, 0.4) is 0 Å². The Hall–Kier alpha value is -3.86. The largest absolute Gasteiger partial charge is 0.508 e. The lowest BCUT2D eigenvalue weighted by Gasteiger charge is -2.23. The number of aromatic hydroxyl groups is 1. The van der Waals surface area contributed by atoms with Crippen LogP contribution in [0.25, 0.3) is 0 Å². The van der Waals surface area contributed by atoms with Gasteiger partial charge in [-0.05, 0) is 71.1 Å². The van der Waals surface area contributed by atoms with Crippen molar-refractivity contribution in [2.75, 3.05) is 11.1 Å². The minimum absolute atomic E-state index is 0.0839. The second kappa shape index (κ2) is 12.0. The van der Waals surface area contributed by atoms with Crippen LogP contribution >= 0.6 is 22.6 Å². The number of alkyl carbamates (subject to hydrolysis) is 1. The fraction of sp³-hybridized carbons (Fsp3) is 0.115. The first-order chi connectivity index (χ1) is 16.7. The Kier molecular flexibility index (Phi) is 8.85. The fourth-order valence-corrected chi connectivity index (χ4v) is 3.75. The topological polar surface area (TPSA) is 131 Å². The average Bonchev–Trinajstić information content (AvgIpc) is 2.84. The minimum atomic E-state index is -0.987. The molecule has 0 spiro atoms. The van der Waals surface area contributed by atoms with Crippen molar-refractivity contribution in [3.05, 3.63) is 99.6 Å². The number of hydrogen-bond acceptors (Lipinski definition) is 6. The molecule has 35 heavy (non-hydrogen) atoms. The molecule has 0 saturated carbocycles. The Bertz CT molecular complexity index is 1250. The van der Waals surface area contributed by atoms with Crippen molar-refractivity contribution in [2.45, 2.75) is 13.0 Å². The Morgan fingerprint density at radius 2 is 1.71 bits per heavy atom. The summed E-state index contributed by atoms with van der Waals surface area (Å²) in [5.74, 6) is -1.68. The number of carbonyl (C=O) groups is 3. The number of anilines is 2. The number of hydrogen-bond donors (Lipinski definition) is 4. The van der Waals surface area contributed by atoms with Gasteiger partial charge < -0.3 is 20.9 Å². The molecular weight excluding hydrogens is 561 g/mol. The second-order valence-corrected chi connectivity index (χ2v) is 8.89. The summed E-state index contributed by atoms with van der Waals surface area (Å²) in [6.07, 6.45) is 0.874. The summed E-state index contributed by atoms with van der Waals surface area (Å²) in [7, 11) is 0. The molecule has 3 aromatic carbocycles. The summed E-state index contributed by atoms with van der Waals surface area (Å²) in [5, 5.41) is 15.3. The number of benzene rings is 3. The smallest absolute Gasteiger partial charge is 0.414 e. The third-order valence-electron chi connectivity index (χ3n) is 5.03. The molecule has 0 aliphatic heterocycles. The summed E-state index contributed by atoms with van der Waals surface area (Å²) in [6.45, 7) is 1.72. The van der Waals surface area contributed by atoms with E-state index in [0.29, 0.717) is 22.5 Å². The van der Waals surface area contributed by atoms with Crippen LogP contribution in [0.15, 0.2) is 84.9 Å². The molecule has 0 heterocycles. The molecule has 0 aliphatic rings. The zero-order valence-corrected chi connectivity index (χ0v) is 20.9. The van der Waals surface area contributed by atoms with Gasteiger partial charge in [0.2, 0.25) is 5.91 Å². The number of phenols is 1. The number of nitrogens with two attached hydrogens (primary N) is 1. The number of para-hydroxylation sites is 2. The molecule has 3 rings (SSSR count). The van der Waals surface area contributed by atoms with Gasteiger partial charge in [0.15, 0.2) is 0 Å².